The number of furan rings is 1. The molecule has 0 saturated carbocycles. The van der Waals surface area contributed by atoms with Crippen LogP contribution in [0.3, 0.4) is 0 Å². The molecule has 3 rings (SSSR count). The van der Waals surface area contributed by atoms with Gasteiger partial charge >= 0.3 is 0 Å². The number of hydrogen-bond donors (Lipinski definition) is 2. The maximum Gasteiger partial charge on any atom is 0.257 e. The van der Waals surface area contributed by atoms with E-state index in [9.17, 15) is 14.3 Å². The Balaban J connectivity index is 1.44. The van der Waals surface area contributed by atoms with Crippen LogP contribution in [0.4, 0.5) is 4.39 Å². The van der Waals surface area contributed by atoms with Crippen molar-refractivity contribution in [2.24, 2.45) is 0 Å². The third kappa shape index (κ3) is 4.36. The van der Waals surface area contributed by atoms with Crippen LogP contribution in [0.15, 0.2) is 59.0 Å². The fourth-order valence-electron chi connectivity index (χ4n) is 2.41. The molecule has 1 atom stereocenters. The molecule has 0 spiro atoms. The SMILES string of the molecule is O=C(COc1ccccc1F)NCC[C@@H](O)c1cc2ccccc2o1. The lowest BCUT2D eigenvalue weighted by atomic mass is 10.2. The first-order chi connectivity index (χ1) is 12.1. The molecule has 25 heavy (non-hydrogen) atoms. The van der Waals surface area contributed by atoms with Gasteiger partial charge in [0.05, 0.1) is 0 Å². The highest BCUT2D eigenvalue weighted by molar-refractivity contribution is 5.78. The highest BCUT2D eigenvalue weighted by atomic mass is 19.1. The van der Waals surface area contributed by atoms with Gasteiger partial charge in [-0.15, -0.1) is 0 Å². The van der Waals surface area contributed by atoms with Gasteiger partial charge in [-0.25, -0.2) is 4.39 Å². The maximum atomic E-state index is 13.4. The van der Waals surface area contributed by atoms with E-state index >= 15 is 0 Å². The lowest BCUT2D eigenvalue weighted by Gasteiger charge is -2.10. The van der Waals surface area contributed by atoms with Crippen LogP contribution in [0.25, 0.3) is 11.0 Å². The molecule has 2 N–H and O–H groups in total. The van der Waals surface area contributed by atoms with Crippen molar-refractivity contribution in [3.05, 3.63) is 66.2 Å². The molecule has 0 fully saturated rings. The molecule has 0 unspecified atom stereocenters. The number of rotatable bonds is 7. The third-order valence-corrected chi connectivity index (χ3v) is 3.71. The van der Waals surface area contributed by atoms with Gasteiger partial charge in [-0.05, 0) is 30.7 Å². The molecule has 1 amide bonds. The number of ether oxygens (including phenoxy) is 1. The number of aliphatic hydroxyl groups is 1. The second-order valence-electron chi connectivity index (χ2n) is 5.56. The van der Waals surface area contributed by atoms with E-state index in [1.165, 1.54) is 12.1 Å². The van der Waals surface area contributed by atoms with Gasteiger partial charge in [0.1, 0.15) is 17.4 Å². The van der Waals surface area contributed by atoms with Gasteiger partial charge in [0.15, 0.2) is 18.2 Å². The number of carbonyl (C=O) groups excluding carboxylic acids is 1. The summed E-state index contributed by atoms with van der Waals surface area (Å²) in [6.07, 6.45) is -0.522. The largest absolute Gasteiger partial charge is 0.481 e. The number of aliphatic hydroxyl groups excluding tert-OH is 1. The van der Waals surface area contributed by atoms with Crippen molar-refractivity contribution in [3.63, 3.8) is 0 Å². The quantitative estimate of drug-likeness (QED) is 0.691. The predicted octanol–water partition coefficient (Wildman–Crippen LogP) is 3.19. The zero-order valence-electron chi connectivity index (χ0n) is 13.4. The molecular weight excluding hydrogens is 325 g/mol. The van der Waals surface area contributed by atoms with Crippen LogP contribution in [0.5, 0.6) is 5.75 Å². The van der Waals surface area contributed by atoms with E-state index in [0.29, 0.717) is 17.8 Å². The number of fused-ring (bicyclic) bond motifs is 1. The van der Waals surface area contributed by atoms with E-state index in [1.807, 2.05) is 24.3 Å². The number of para-hydroxylation sites is 2. The van der Waals surface area contributed by atoms with Crippen molar-refractivity contribution >= 4 is 16.9 Å². The average Bonchev–Trinajstić information content (AvgIpc) is 3.05. The van der Waals surface area contributed by atoms with Gasteiger partial charge in [-0.1, -0.05) is 30.3 Å². The molecule has 3 aromatic rings. The summed E-state index contributed by atoms with van der Waals surface area (Å²) < 4.78 is 24.1. The smallest absolute Gasteiger partial charge is 0.257 e. The first-order valence-electron chi connectivity index (χ1n) is 7.94. The van der Waals surface area contributed by atoms with Gasteiger partial charge in [-0.2, -0.15) is 0 Å². The Morgan fingerprint density at radius 1 is 1.20 bits per heavy atom. The monoisotopic (exact) mass is 343 g/mol. The Morgan fingerprint density at radius 2 is 1.96 bits per heavy atom. The normalized spacial score (nSPS) is 12.1. The molecule has 130 valence electrons. The molecule has 1 aromatic heterocycles. The Hall–Kier alpha value is -2.86. The molecule has 0 radical (unpaired) electrons. The van der Waals surface area contributed by atoms with Crippen LogP contribution in [0, 0.1) is 5.82 Å². The molecular formula is C19H18FNO4. The summed E-state index contributed by atoms with van der Waals surface area (Å²) in [5, 5.41) is 13.7. The molecule has 0 saturated heterocycles. The van der Waals surface area contributed by atoms with Crippen LogP contribution in [0.1, 0.15) is 18.3 Å². The van der Waals surface area contributed by atoms with Gasteiger partial charge in [0.2, 0.25) is 0 Å². The summed E-state index contributed by atoms with van der Waals surface area (Å²) in [5.74, 6) is -0.423. The van der Waals surface area contributed by atoms with Crippen molar-refractivity contribution < 1.29 is 23.4 Å². The molecule has 0 aliphatic carbocycles. The number of halogens is 1. The Kier molecular flexibility index (Phi) is 5.30. The summed E-state index contributed by atoms with van der Waals surface area (Å²) in [6, 6.07) is 15.1. The second kappa shape index (κ2) is 7.81. The highest BCUT2D eigenvalue weighted by Gasteiger charge is 2.14. The number of nitrogens with one attached hydrogen (secondary N) is 1. The minimum atomic E-state index is -0.819. The van der Waals surface area contributed by atoms with Crippen molar-refractivity contribution in [2.45, 2.75) is 12.5 Å². The topological polar surface area (TPSA) is 71.7 Å². The third-order valence-electron chi connectivity index (χ3n) is 3.71. The van der Waals surface area contributed by atoms with Gasteiger partial charge in [0.25, 0.3) is 5.91 Å². The lowest BCUT2D eigenvalue weighted by molar-refractivity contribution is -0.123. The average molecular weight is 343 g/mol. The maximum absolute atomic E-state index is 13.4. The van der Waals surface area contributed by atoms with Gasteiger partial charge in [0, 0.05) is 11.9 Å². The van der Waals surface area contributed by atoms with Gasteiger partial charge in [-0.3, -0.25) is 4.79 Å². The fourth-order valence-corrected chi connectivity index (χ4v) is 2.41. The van der Waals surface area contributed by atoms with Crippen molar-refractivity contribution in [2.75, 3.05) is 13.2 Å². The van der Waals surface area contributed by atoms with Crippen LogP contribution in [-0.2, 0) is 4.79 Å². The van der Waals surface area contributed by atoms with Crippen molar-refractivity contribution in [1.29, 1.82) is 0 Å². The summed E-state index contributed by atoms with van der Waals surface area (Å²) >= 11 is 0. The minimum Gasteiger partial charge on any atom is -0.481 e. The van der Waals surface area contributed by atoms with Gasteiger partial charge < -0.3 is 19.6 Å². The number of benzene rings is 2. The highest BCUT2D eigenvalue weighted by Crippen LogP contribution is 2.25. The molecule has 0 aliphatic heterocycles. The molecule has 1 heterocycles. The number of amides is 1. The zero-order valence-corrected chi connectivity index (χ0v) is 13.4. The summed E-state index contributed by atoms with van der Waals surface area (Å²) in [5.41, 5.74) is 0.707. The minimum absolute atomic E-state index is 0.0277. The van der Waals surface area contributed by atoms with E-state index in [2.05, 4.69) is 5.32 Å². The molecule has 2 aromatic carbocycles. The fraction of sp³-hybridized carbons (Fsp3) is 0.211. The van der Waals surface area contributed by atoms with Crippen LogP contribution >= 0.6 is 0 Å². The predicted molar refractivity (Wildman–Crippen MR) is 90.7 cm³/mol. The first kappa shape index (κ1) is 17.0. The van der Waals surface area contributed by atoms with Crippen LogP contribution in [-0.4, -0.2) is 24.2 Å². The van der Waals surface area contributed by atoms with E-state index < -0.39 is 11.9 Å². The van der Waals surface area contributed by atoms with E-state index in [1.54, 1.807) is 18.2 Å². The molecule has 5 nitrogen and oxygen atoms in total. The molecule has 6 heteroatoms. The Labute approximate surface area is 144 Å². The Morgan fingerprint density at radius 3 is 2.76 bits per heavy atom. The standard InChI is InChI=1S/C19H18FNO4/c20-14-6-2-4-8-17(14)24-12-19(23)21-10-9-15(22)18-11-13-5-1-3-7-16(13)25-18/h1-8,11,15,22H,9-10,12H2,(H,21,23)/t15-/m1/s1. The summed E-state index contributed by atoms with van der Waals surface area (Å²) in [4.78, 5) is 11.7. The second-order valence-corrected chi connectivity index (χ2v) is 5.56. The van der Waals surface area contributed by atoms with Crippen LogP contribution in [0.2, 0.25) is 0 Å². The first-order valence-corrected chi connectivity index (χ1v) is 7.94. The van der Waals surface area contributed by atoms with Crippen molar-refractivity contribution in [3.8, 4) is 5.75 Å². The molecule has 0 bridgehead atoms. The summed E-state index contributed by atoms with van der Waals surface area (Å²) in [6.45, 7) is -0.0423. The summed E-state index contributed by atoms with van der Waals surface area (Å²) in [7, 11) is 0. The Bertz CT molecular complexity index is 828. The zero-order chi connectivity index (χ0) is 17.6. The molecule has 0 aliphatic rings. The lowest BCUT2D eigenvalue weighted by Crippen LogP contribution is -2.30. The van der Waals surface area contributed by atoms with E-state index in [-0.39, 0.29) is 24.8 Å². The van der Waals surface area contributed by atoms with E-state index in [4.69, 9.17) is 9.15 Å². The van der Waals surface area contributed by atoms with Crippen molar-refractivity contribution in [1.82, 2.24) is 5.32 Å². The van der Waals surface area contributed by atoms with Crippen LogP contribution < -0.4 is 10.1 Å². The van der Waals surface area contributed by atoms with E-state index in [0.717, 1.165) is 5.39 Å². The number of carbonyl (C=O) groups is 1. The number of hydrogen-bond acceptors (Lipinski definition) is 4.